The van der Waals surface area contributed by atoms with Gasteiger partial charge in [0.15, 0.2) is 5.52 Å². The summed E-state index contributed by atoms with van der Waals surface area (Å²) in [7, 11) is -0.120. The van der Waals surface area contributed by atoms with Gasteiger partial charge in [-0.25, -0.2) is 0 Å². The number of hydrogen-bond donors (Lipinski definition) is 0. The van der Waals surface area contributed by atoms with Crippen molar-refractivity contribution in [2.24, 2.45) is 0 Å². The van der Waals surface area contributed by atoms with E-state index < -0.39 is 0 Å². The molecule has 0 aliphatic heterocycles. The molecule has 4 unspecified atom stereocenters. The minimum atomic E-state index is -0.120. The average molecular weight is 522 g/mol. The minimum Gasteiger partial charge on any atom is -0.490 e. The van der Waals surface area contributed by atoms with E-state index in [1.165, 1.54) is 5.56 Å². The van der Waals surface area contributed by atoms with Gasteiger partial charge in [-0.2, -0.15) is 0 Å². The molecule has 4 nitrogen and oxygen atoms in total. The molecule has 0 amide bonds. The normalized spacial score (nSPS) is 14.1. The Morgan fingerprint density at radius 3 is 1.57 bits per heavy atom. The van der Waals surface area contributed by atoms with Gasteiger partial charge in [-0.05, 0) is 84.6 Å². The molecule has 0 spiro atoms. The zero-order chi connectivity index (χ0) is 27.2. The second-order valence-corrected chi connectivity index (χ2v) is 12.2. The van der Waals surface area contributed by atoms with E-state index in [-0.39, 0.29) is 56.7 Å². The second-order valence-electron chi connectivity index (χ2n) is 11.0. The van der Waals surface area contributed by atoms with Crippen LogP contribution in [-0.4, -0.2) is 42.7 Å². The van der Waals surface area contributed by atoms with Crippen molar-refractivity contribution in [1.82, 2.24) is 0 Å². The third-order valence-electron chi connectivity index (χ3n) is 6.62. The first-order chi connectivity index (χ1) is 16.8. The number of hydrogen-bond acceptors (Lipinski definition) is 4. The minimum absolute atomic E-state index is 0. The van der Waals surface area contributed by atoms with E-state index in [0.717, 1.165) is 41.3 Å². The first-order valence-electron chi connectivity index (χ1n) is 13.4. The maximum Gasteiger partial charge on any atom is 0.186 e. The molecule has 0 heterocycles. The molecular weight excluding hydrogens is 474 g/mol. The SMILES string of the molecule is CCC(C)Oc1cc(OC(C)CC)c(PC(=O)c2c(C)cc(C(C)(C)C)cc2C)c(OC(C)CC)c1.[Li]. The quantitative estimate of drug-likeness (QED) is 0.210. The Balaban J connectivity index is 0.00000684. The molecule has 0 bridgehead atoms. The molecule has 1 radical (unpaired) electrons. The zero-order valence-corrected chi connectivity index (χ0v) is 26.3. The van der Waals surface area contributed by atoms with Crippen molar-refractivity contribution >= 4 is 38.3 Å². The summed E-state index contributed by atoms with van der Waals surface area (Å²) >= 11 is 0. The molecule has 4 atom stereocenters. The third-order valence-corrected chi connectivity index (χ3v) is 7.84. The Kier molecular flexibility index (Phi) is 13.3. The van der Waals surface area contributed by atoms with E-state index in [9.17, 15) is 4.79 Å². The average Bonchev–Trinajstić information content (AvgIpc) is 2.79. The van der Waals surface area contributed by atoms with Crippen LogP contribution >= 0.6 is 8.58 Å². The van der Waals surface area contributed by atoms with E-state index in [2.05, 4.69) is 60.6 Å². The van der Waals surface area contributed by atoms with Gasteiger partial charge in [0.25, 0.3) is 0 Å². The Hall–Kier alpha value is -1.46. The monoisotopic (exact) mass is 521 g/mol. The molecule has 0 saturated heterocycles. The summed E-state index contributed by atoms with van der Waals surface area (Å²) < 4.78 is 18.9. The van der Waals surface area contributed by atoms with Gasteiger partial charge < -0.3 is 14.2 Å². The van der Waals surface area contributed by atoms with Gasteiger partial charge in [0.05, 0.1) is 23.6 Å². The number of rotatable bonds is 12. The van der Waals surface area contributed by atoms with Crippen LogP contribution in [0.2, 0.25) is 0 Å². The predicted octanol–water partition coefficient (Wildman–Crippen LogP) is 7.90. The van der Waals surface area contributed by atoms with Gasteiger partial charge in [0.1, 0.15) is 17.2 Å². The molecule has 2 rings (SSSR count). The molecule has 37 heavy (non-hydrogen) atoms. The smallest absolute Gasteiger partial charge is 0.186 e. The van der Waals surface area contributed by atoms with Crippen molar-refractivity contribution in [1.29, 1.82) is 0 Å². The van der Waals surface area contributed by atoms with Gasteiger partial charge in [0.2, 0.25) is 0 Å². The molecule has 201 valence electrons. The Morgan fingerprint density at radius 2 is 1.19 bits per heavy atom. The molecule has 0 saturated carbocycles. The van der Waals surface area contributed by atoms with Gasteiger partial charge in [-0.15, -0.1) is 0 Å². The van der Waals surface area contributed by atoms with E-state index in [4.69, 9.17) is 14.2 Å². The number of carbonyl (C=O) groups is 1. The van der Waals surface area contributed by atoms with Crippen LogP contribution in [0.4, 0.5) is 0 Å². The van der Waals surface area contributed by atoms with Crippen molar-refractivity contribution in [3.05, 3.63) is 46.5 Å². The summed E-state index contributed by atoms with van der Waals surface area (Å²) in [5.41, 5.74) is 4.20. The molecule has 2 aromatic carbocycles. The van der Waals surface area contributed by atoms with Gasteiger partial charge in [0, 0.05) is 36.6 Å². The first-order valence-corrected chi connectivity index (χ1v) is 14.4. The summed E-state index contributed by atoms with van der Waals surface area (Å²) in [5.74, 6) is 2.07. The third kappa shape index (κ3) is 9.35. The maximum atomic E-state index is 13.8. The number of carbonyl (C=O) groups excluding carboxylic acids is 1. The summed E-state index contributed by atoms with van der Waals surface area (Å²) in [4.78, 5) is 13.8. The van der Waals surface area contributed by atoms with Crippen molar-refractivity contribution in [2.45, 2.75) is 119 Å². The fourth-order valence-electron chi connectivity index (χ4n) is 3.79. The first kappa shape index (κ1) is 33.6. The Morgan fingerprint density at radius 1 is 0.784 bits per heavy atom. The number of benzene rings is 2. The molecule has 0 N–H and O–H groups in total. The zero-order valence-electron chi connectivity index (χ0n) is 25.3. The summed E-state index contributed by atoms with van der Waals surface area (Å²) in [6.07, 6.45) is 2.71. The number of aryl methyl sites for hydroxylation is 2. The molecule has 2 aromatic rings. The van der Waals surface area contributed by atoms with Crippen LogP contribution < -0.4 is 19.5 Å². The Bertz CT molecular complexity index is 988. The topological polar surface area (TPSA) is 44.8 Å². The number of ether oxygens (including phenoxy) is 3. The van der Waals surface area contributed by atoms with Crippen LogP contribution in [0.25, 0.3) is 0 Å². The fraction of sp³-hybridized carbons (Fsp3) is 0.581. The molecule has 0 fully saturated rings. The summed E-state index contributed by atoms with van der Waals surface area (Å²) in [5, 5.41) is 0.816. The molecular formula is C31H47LiO4P. The van der Waals surface area contributed by atoms with E-state index >= 15 is 0 Å². The van der Waals surface area contributed by atoms with Crippen LogP contribution in [0.15, 0.2) is 24.3 Å². The predicted molar refractivity (Wildman–Crippen MR) is 160 cm³/mol. The van der Waals surface area contributed by atoms with E-state index in [1.807, 2.05) is 39.8 Å². The van der Waals surface area contributed by atoms with E-state index in [1.54, 1.807) is 0 Å². The van der Waals surface area contributed by atoms with Gasteiger partial charge >= 0.3 is 0 Å². The summed E-state index contributed by atoms with van der Waals surface area (Å²) in [6.45, 7) is 23.1. The van der Waals surface area contributed by atoms with Crippen molar-refractivity contribution < 1.29 is 19.0 Å². The van der Waals surface area contributed by atoms with Crippen LogP contribution in [0.1, 0.15) is 109 Å². The largest absolute Gasteiger partial charge is 0.490 e. The molecule has 0 aliphatic rings. The summed E-state index contributed by atoms with van der Waals surface area (Å²) in [6, 6.07) is 8.17. The van der Waals surface area contributed by atoms with E-state index in [0.29, 0.717) is 17.2 Å². The van der Waals surface area contributed by atoms with Crippen LogP contribution in [-0.2, 0) is 5.41 Å². The van der Waals surface area contributed by atoms with Crippen LogP contribution in [0, 0.1) is 13.8 Å². The molecule has 0 aliphatic carbocycles. The van der Waals surface area contributed by atoms with Crippen LogP contribution in [0.5, 0.6) is 17.2 Å². The fourth-order valence-corrected chi connectivity index (χ4v) is 5.04. The Labute approximate surface area is 239 Å². The van der Waals surface area contributed by atoms with Gasteiger partial charge in [-0.1, -0.05) is 53.7 Å². The van der Waals surface area contributed by atoms with Crippen molar-refractivity contribution in [3.63, 3.8) is 0 Å². The molecule has 0 aromatic heterocycles. The van der Waals surface area contributed by atoms with Gasteiger partial charge in [-0.3, -0.25) is 4.79 Å². The van der Waals surface area contributed by atoms with Crippen molar-refractivity contribution in [3.8, 4) is 17.2 Å². The maximum absolute atomic E-state index is 13.8. The molecule has 6 heteroatoms. The second kappa shape index (κ2) is 14.6. The van der Waals surface area contributed by atoms with Crippen molar-refractivity contribution in [2.75, 3.05) is 0 Å². The standard InChI is InChI=1S/C31H47O4P.Li/c1-12-21(6)33-25-17-26(34-22(7)13-2)29(27(18-25)35-23(8)14-3)36-30(32)28-19(4)15-24(16-20(28)5)31(9,10)11;/h15-18,21-23,36H,12-14H2,1-11H3;. The van der Waals surface area contributed by atoms with Crippen LogP contribution in [0.3, 0.4) is 0 Å².